The van der Waals surface area contributed by atoms with Crippen LogP contribution in [0.1, 0.15) is 6.92 Å². The molecule has 0 aromatic rings. The van der Waals surface area contributed by atoms with Crippen LogP contribution < -0.4 is 0 Å². The van der Waals surface area contributed by atoms with Crippen molar-refractivity contribution in [3.05, 3.63) is 0 Å². The minimum Gasteiger partial charge on any atom is -0.480 e. The highest BCUT2D eigenvalue weighted by atomic mass is 127. The van der Waals surface area contributed by atoms with E-state index in [1.165, 1.54) is 10.0 Å². The van der Waals surface area contributed by atoms with Gasteiger partial charge in [-0.3, -0.25) is 12.8 Å². The molecular weight excluding hydrogens is 327 g/mol. The normalized spacial score (nSPS) is 19.1. The van der Waals surface area contributed by atoms with Crippen LogP contribution in [0.5, 0.6) is 0 Å². The van der Waals surface area contributed by atoms with Crippen LogP contribution >= 0.6 is 22.9 Å². The first-order chi connectivity index (χ1) is 7.52. The van der Waals surface area contributed by atoms with Gasteiger partial charge in [-0.1, -0.05) is 0 Å². The number of halogens is 1. The summed E-state index contributed by atoms with van der Waals surface area (Å²) >= 11 is 1.75. The van der Waals surface area contributed by atoms with Gasteiger partial charge in [0.15, 0.2) is 0 Å². The number of carbonyl (C=O) groups excluding carboxylic acids is 1. The Morgan fingerprint density at radius 3 is 2.56 bits per heavy atom. The molecule has 1 fully saturated rings. The second kappa shape index (κ2) is 6.36. The summed E-state index contributed by atoms with van der Waals surface area (Å²) in [7, 11) is 0. The maximum Gasteiger partial charge on any atom is 0.326 e. The molecule has 0 saturated carbocycles. The zero-order valence-corrected chi connectivity index (χ0v) is 11.2. The summed E-state index contributed by atoms with van der Waals surface area (Å²) in [6.07, 6.45) is 0. The maximum atomic E-state index is 11.7. The molecule has 0 aliphatic carbocycles. The van der Waals surface area contributed by atoms with Crippen LogP contribution in [0.25, 0.3) is 0 Å². The lowest BCUT2D eigenvalue weighted by Gasteiger charge is -2.28. The van der Waals surface area contributed by atoms with E-state index in [-0.39, 0.29) is 12.5 Å². The molecule has 1 aliphatic heterocycles. The van der Waals surface area contributed by atoms with Crippen LogP contribution in [0.2, 0.25) is 0 Å². The lowest BCUT2D eigenvalue weighted by Crippen LogP contribution is -2.45. The van der Waals surface area contributed by atoms with Gasteiger partial charge in [-0.2, -0.15) is 0 Å². The Labute approximate surface area is 108 Å². The Kier molecular flexibility index (Phi) is 5.42. The van der Waals surface area contributed by atoms with E-state index in [1.807, 2.05) is 4.90 Å². The van der Waals surface area contributed by atoms with Crippen LogP contribution in [0.3, 0.4) is 0 Å². The zero-order chi connectivity index (χ0) is 12.1. The first kappa shape index (κ1) is 13.7. The summed E-state index contributed by atoms with van der Waals surface area (Å²) in [4.78, 5) is 24.4. The second-order valence-corrected chi connectivity index (χ2v) is 4.65. The van der Waals surface area contributed by atoms with Crippen molar-refractivity contribution in [1.82, 2.24) is 8.01 Å². The fourth-order valence-corrected chi connectivity index (χ4v) is 1.72. The van der Waals surface area contributed by atoms with Crippen molar-refractivity contribution < 1.29 is 19.4 Å². The minimum absolute atomic E-state index is 0.183. The third-order valence-corrected chi connectivity index (χ3v) is 3.77. The van der Waals surface area contributed by atoms with Crippen LogP contribution in [0.15, 0.2) is 0 Å². The molecule has 0 aromatic carbocycles. The SMILES string of the molecule is C[C@@H](C(=O)O)N(I)C(=O)CN1CCOCC1. The number of amides is 1. The van der Waals surface area contributed by atoms with Gasteiger partial charge in [-0.25, -0.2) is 4.79 Å². The summed E-state index contributed by atoms with van der Waals surface area (Å²) in [5, 5.41) is 8.77. The molecule has 1 heterocycles. The summed E-state index contributed by atoms with van der Waals surface area (Å²) in [6.45, 7) is 4.44. The Morgan fingerprint density at radius 2 is 2.06 bits per heavy atom. The largest absolute Gasteiger partial charge is 0.480 e. The summed E-state index contributed by atoms with van der Waals surface area (Å²) in [6, 6.07) is -0.797. The van der Waals surface area contributed by atoms with Crippen molar-refractivity contribution >= 4 is 34.7 Å². The molecule has 1 rings (SSSR count). The predicted molar refractivity (Wildman–Crippen MR) is 65.2 cm³/mol. The minimum atomic E-state index is -0.996. The number of nitrogens with zero attached hydrogens (tertiary/aromatic N) is 2. The molecule has 1 amide bonds. The van der Waals surface area contributed by atoms with E-state index in [2.05, 4.69) is 0 Å². The number of hydrogen-bond acceptors (Lipinski definition) is 4. The molecule has 92 valence electrons. The standard InChI is InChI=1S/C9H15IN2O4/c1-7(9(14)15)12(10)8(13)6-11-2-4-16-5-3-11/h7H,2-6H2,1H3,(H,14,15)/t7-/m0/s1. The molecule has 0 unspecified atom stereocenters. The zero-order valence-electron chi connectivity index (χ0n) is 9.06. The molecule has 0 radical (unpaired) electrons. The van der Waals surface area contributed by atoms with Crippen molar-refractivity contribution in [3.63, 3.8) is 0 Å². The number of aliphatic carboxylic acids is 1. The topological polar surface area (TPSA) is 70.1 Å². The number of rotatable bonds is 4. The van der Waals surface area contributed by atoms with Crippen molar-refractivity contribution in [3.8, 4) is 0 Å². The maximum absolute atomic E-state index is 11.7. The molecule has 1 aliphatic rings. The number of carbonyl (C=O) groups is 2. The van der Waals surface area contributed by atoms with Crippen LogP contribution in [-0.2, 0) is 14.3 Å². The van der Waals surface area contributed by atoms with Crippen molar-refractivity contribution in [2.45, 2.75) is 13.0 Å². The monoisotopic (exact) mass is 342 g/mol. The average molecular weight is 342 g/mol. The molecule has 0 bridgehead atoms. The smallest absolute Gasteiger partial charge is 0.326 e. The van der Waals surface area contributed by atoms with E-state index in [0.29, 0.717) is 13.2 Å². The van der Waals surface area contributed by atoms with Gasteiger partial charge >= 0.3 is 5.97 Å². The van der Waals surface area contributed by atoms with Crippen molar-refractivity contribution in [2.75, 3.05) is 32.8 Å². The first-order valence-corrected chi connectivity index (χ1v) is 5.99. The Balaban J connectivity index is 2.41. The molecule has 6 nitrogen and oxygen atoms in total. The van der Waals surface area contributed by atoms with E-state index < -0.39 is 12.0 Å². The summed E-state index contributed by atoms with van der Waals surface area (Å²) < 4.78 is 6.40. The third kappa shape index (κ3) is 3.87. The van der Waals surface area contributed by atoms with Gasteiger partial charge in [0.1, 0.15) is 6.04 Å². The van der Waals surface area contributed by atoms with Crippen molar-refractivity contribution in [2.24, 2.45) is 0 Å². The number of hydrogen-bond donors (Lipinski definition) is 1. The fraction of sp³-hybridized carbons (Fsp3) is 0.778. The Morgan fingerprint density at radius 1 is 1.50 bits per heavy atom. The summed E-state index contributed by atoms with van der Waals surface area (Å²) in [5.74, 6) is -1.18. The highest BCUT2D eigenvalue weighted by molar-refractivity contribution is 14.1. The third-order valence-electron chi connectivity index (χ3n) is 2.40. The van der Waals surface area contributed by atoms with E-state index >= 15 is 0 Å². The van der Waals surface area contributed by atoms with Gasteiger partial charge in [-0.15, -0.1) is 0 Å². The average Bonchev–Trinajstić information content (AvgIpc) is 2.28. The van der Waals surface area contributed by atoms with Gasteiger partial charge in [0.25, 0.3) is 0 Å². The van der Waals surface area contributed by atoms with E-state index in [1.54, 1.807) is 22.9 Å². The van der Waals surface area contributed by atoms with Gasteiger partial charge in [0.2, 0.25) is 5.91 Å². The second-order valence-electron chi connectivity index (χ2n) is 3.61. The molecule has 0 aromatic heterocycles. The number of carboxylic acid groups (broad SMARTS) is 1. The van der Waals surface area contributed by atoms with Gasteiger partial charge < -0.3 is 9.84 Å². The lowest BCUT2D eigenvalue weighted by molar-refractivity contribution is -0.144. The van der Waals surface area contributed by atoms with Gasteiger partial charge in [0.05, 0.1) is 42.6 Å². The number of ether oxygens (including phenoxy) is 1. The molecule has 1 N–H and O–H groups in total. The number of morpholine rings is 1. The summed E-state index contributed by atoms with van der Waals surface area (Å²) in [5.41, 5.74) is 0. The van der Waals surface area contributed by atoms with Gasteiger partial charge in [0, 0.05) is 13.1 Å². The highest BCUT2D eigenvalue weighted by Gasteiger charge is 2.25. The lowest BCUT2D eigenvalue weighted by atomic mass is 10.3. The van der Waals surface area contributed by atoms with Gasteiger partial charge in [-0.05, 0) is 6.92 Å². The molecule has 1 saturated heterocycles. The predicted octanol–water partition coefficient (Wildman–Crippen LogP) is -0.0297. The van der Waals surface area contributed by atoms with E-state index in [4.69, 9.17) is 9.84 Å². The Bertz CT molecular complexity index is 268. The first-order valence-electron chi connectivity index (χ1n) is 5.03. The molecular formula is C9H15IN2O4. The van der Waals surface area contributed by atoms with Crippen LogP contribution in [0.4, 0.5) is 0 Å². The number of carboxylic acids is 1. The van der Waals surface area contributed by atoms with E-state index in [9.17, 15) is 9.59 Å². The van der Waals surface area contributed by atoms with Crippen LogP contribution in [0, 0.1) is 0 Å². The molecule has 0 spiro atoms. The molecule has 16 heavy (non-hydrogen) atoms. The molecule has 7 heteroatoms. The fourth-order valence-electron chi connectivity index (χ4n) is 1.33. The Hall–Kier alpha value is -0.410. The highest BCUT2D eigenvalue weighted by Crippen LogP contribution is 2.09. The van der Waals surface area contributed by atoms with Crippen molar-refractivity contribution in [1.29, 1.82) is 0 Å². The van der Waals surface area contributed by atoms with E-state index in [0.717, 1.165) is 13.1 Å². The molecule has 1 atom stereocenters. The quantitative estimate of drug-likeness (QED) is 0.574. The van der Waals surface area contributed by atoms with Crippen LogP contribution in [-0.4, -0.2) is 63.9 Å².